The van der Waals surface area contributed by atoms with Gasteiger partial charge in [-0.05, 0) is 42.7 Å². The Labute approximate surface area is 185 Å². The number of thiophene rings is 1. The first-order valence-electron chi connectivity index (χ1n) is 10.5. The van der Waals surface area contributed by atoms with Gasteiger partial charge < -0.3 is 15.0 Å². The fraction of sp³-hybridized carbons (Fsp3) is 0.391. The zero-order chi connectivity index (χ0) is 21.6. The lowest BCUT2D eigenvalue weighted by Gasteiger charge is -2.35. The first-order chi connectivity index (χ1) is 15.2. The minimum Gasteiger partial charge on any atom is -0.383 e. The molecule has 7 nitrogen and oxygen atoms in total. The van der Waals surface area contributed by atoms with Crippen molar-refractivity contribution in [2.45, 2.75) is 31.7 Å². The van der Waals surface area contributed by atoms with E-state index >= 15 is 0 Å². The minimum absolute atomic E-state index is 0.0202. The standard InChI is InChI=1S/C23H26N4O3S/c1-30-13-11-26-22(28)21-18(17-7-2-3-8-20(17)31-21)14-16-6-4-5-12-27(16)23(29)19-15-24-9-10-25-19/h2-3,7-10,15-16H,4-6,11-14H2,1H3,(H,26,28)/t16-/m1/s1. The molecule has 1 aliphatic heterocycles. The average molecular weight is 439 g/mol. The van der Waals surface area contributed by atoms with E-state index in [4.69, 9.17) is 4.74 Å². The highest BCUT2D eigenvalue weighted by Gasteiger charge is 2.30. The zero-order valence-corrected chi connectivity index (χ0v) is 18.4. The van der Waals surface area contributed by atoms with E-state index in [9.17, 15) is 9.59 Å². The molecule has 162 valence electrons. The van der Waals surface area contributed by atoms with Crippen LogP contribution < -0.4 is 5.32 Å². The van der Waals surface area contributed by atoms with Gasteiger partial charge in [-0.25, -0.2) is 4.98 Å². The topological polar surface area (TPSA) is 84.4 Å². The molecule has 8 heteroatoms. The van der Waals surface area contributed by atoms with Crippen LogP contribution in [0.3, 0.4) is 0 Å². The molecule has 1 saturated heterocycles. The summed E-state index contributed by atoms with van der Waals surface area (Å²) in [5, 5.41) is 4.03. The van der Waals surface area contributed by atoms with Crippen molar-refractivity contribution in [1.82, 2.24) is 20.2 Å². The van der Waals surface area contributed by atoms with Gasteiger partial charge in [0, 0.05) is 43.3 Å². The summed E-state index contributed by atoms with van der Waals surface area (Å²) in [6, 6.07) is 8.10. The maximum Gasteiger partial charge on any atom is 0.274 e. The maximum absolute atomic E-state index is 13.1. The molecule has 2 amide bonds. The first kappa shape index (κ1) is 21.4. The fourth-order valence-corrected chi connectivity index (χ4v) is 5.25. The van der Waals surface area contributed by atoms with Gasteiger partial charge in [0.2, 0.25) is 0 Å². The van der Waals surface area contributed by atoms with Crippen molar-refractivity contribution in [2.24, 2.45) is 0 Å². The van der Waals surface area contributed by atoms with E-state index in [1.165, 1.54) is 17.5 Å². The summed E-state index contributed by atoms with van der Waals surface area (Å²) in [6.07, 6.45) is 8.20. The van der Waals surface area contributed by atoms with Crippen LogP contribution in [-0.4, -0.2) is 59.5 Å². The molecular formula is C23H26N4O3S. The number of fused-ring (bicyclic) bond motifs is 1. The van der Waals surface area contributed by atoms with Crippen LogP contribution in [0.4, 0.5) is 0 Å². The second-order valence-corrected chi connectivity index (χ2v) is 8.65. The molecule has 1 aliphatic rings. The van der Waals surface area contributed by atoms with Crippen molar-refractivity contribution in [1.29, 1.82) is 0 Å². The third kappa shape index (κ3) is 4.75. The highest BCUT2D eigenvalue weighted by Crippen LogP contribution is 2.34. The average Bonchev–Trinajstić information content (AvgIpc) is 3.18. The third-order valence-electron chi connectivity index (χ3n) is 5.61. The second-order valence-electron chi connectivity index (χ2n) is 7.60. The summed E-state index contributed by atoms with van der Waals surface area (Å²) in [5.41, 5.74) is 1.38. The lowest BCUT2D eigenvalue weighted by molar-refractivity contribution is 0.0607. The fourth-order valence-electron chi connectivity index (χ4n) is 4.10. The molecule has 1 N–H and O–H groups in total. The van der Waals surface area contributed by atoms with Crippen molar-refractivity contribution < 1.29 is 14.3 Å². The Hall–Kier alpha value is -2.84. The smallest absolute Gasteiger partial charge is 0.274 e. The highest BCUT2D eigenvalue weighted by atomic mass is 32.1. The predicted octanol–water partition coefficient (Wildman–Crippen LogP) is 3.30. The van der Waals surface area contributed by atoms with Crippen LogP contribution in [-0.2, 0) is 11.2 Å². The molecule has 0 spiro atoms. The van der Waals surface area contributed by atoms with Crippen LogP contribution in [0.15, 0.2) is 42.9 Å². The number of nitrogens with zero attached hydrogens (tertiary/aromatic N) is 3. The third-order valence-corrected chi connectivity index (χ3v) is 6.82. The summed E-state index contributed by atoms with van der Waals surface area (Å²) in [4.78, 5) is 36.9. The quantitative estimate of drug-likeness (QED) is 0.572. The van der Waals surface area contributed by atoms with Gasteiger partial charge in [-0.1, -0.05) is 18.2 Å². The Morgan fingerprint density at radius 2 is 2.13 bits per heavy atom. The Morgan fingerprint density at radius 1 is 1.26 bits per heavy atom. The van der Waals surface area contributed by atoms with Gasteiger partial charge in [0.25, 0.3) is 11.8 Å². The van der Waals surface area contributed by atoms with Crippen LogP contribution in [0.5, 0.6) is 0 Å². The number of hydrogen-bond acceptors (Lipinski definition) is 6. The van der Waals surface area contributed by atoms with E-state index in [1.807, 2.05) is 23.1 Å². The largest absolute Gasteiger partial charge is 0.383 e. The summed E-state index contributed by atoms with van der Waals surface area (Å²) < 4.78 is 6.14. The Bertz CT molecular complexity index is 1050. The first-order valence-corrected chi connectivity index (χ1v) is 11.3. The van der Waals surface area contributed by atoms with Gasteiger partial charge in [-0.3, -0.25) is 14.6 Å². The van der Waals surface area contributed by atoms with Crippen LogP contribution in [0.25, 0.3) is 10.1 Å². The molecule has 31 heavy (non-hydrogen) atoms. The lowest BCUT2D eigenvalue weighted by Crippen LogP contribution is -2.45. The van der Waals surface area contributed by atoms with Crippen LogP contribution in [0.1, 0.15) is 45.0 Å². The van der Waals surface area contributed by atoms with Gasteiger partial charge in [-0.2, -0.15) is 0 Å². The Kier molecular flexibility index (Phi) is 6.89. The number of ether oxygens (including phenoxy) is 1. The van der Waals surface area contributed by atoms with E-state index < -0.39 is 0 Å². The molecule has 1 aromatic carbocycles. The lowest BCUT2D eigenvalue weighted by atomic mass is 9.93. The van der Waals surface area contributed by atoms with E-state index in [2.05, 4.69) is 21.4 Å². The summed E-state index contributed by atoms with van der Waals surface area (Å²) in [6.45, 7) is 1.62. The summed E-state index contributed by atoms with van der Waals surface area (Å²) in [5.74, 6) is -0.181. The van der Waals surface area contributed by atoms with E-state index in [0.29, 0.717) is 31.8 Å². The maximum atomic E-state index is 13.1. The van der Waals surface area contributed by atoms with E-state index in [0.717, 1.165) is 39.8 Å². The van der Waals surface area contributed by atoms with Gasteiger partial charge in [-0.15, -0.1) is 11.3 Å². The molecule has 0 aliphatic carbocycles. The van der Waals surface area contributed by atoms with Crippen LogP contribution in [0, 0.1) is 0 Å². The number of aromatic nitrogens is 2. The van der Waals surface area contributed by atoms with Crippen molar-refractivity contribution >= 4 is 33.2 Å². The summed E-state index contributed by atoms with van der Waals surface area (Å²) >= 11 is 1.51. The number of amides is 2. The SMILES string of the molecule is COCCNC(=O)c1sc2ccccc2c1C[C@H]1CCCCN1C(=O)c1cnccn1. The second kappa shape index (κ2) is 9.98. The number of carbonyl (C=O) groups excluding carboxylic acids is 2. The van der Waals surface area contributed by atoms with Crippen LogP contribution >= 0.6 is 11.3 Å². The van der Waals surface area contributed by atoms with Gasteiger partial charge in [0.05, 0.1) is 17.7 Å². The van der Waals surface area contributed by atoms with Gasteiger partial charge >= 0.3 is 0 Å². The Morgan fingerprint density at radius 3 is 2.94 bits per heavy atom. The zero-order valence-electron chi connectivity index (χ0n) is 17.5. The van der Waals surface area contributed by atoms with E-state index in [-0.39, 0.29) is 17.9 Å². The minimum atomic E-state index is -0.0940. The number of methoxy groups -OCH3 is 1. The number of carbonyl (C=O) groups is 2. The number of piperidine rings is 1. The van der Waals surface area contributed by atoms with Crippen molar-refractivity contribution in [2.75, 3.05) is 26.8 Å². The highest BCUT2D eigenvalue weighted by molar-refractivity contribution is 7.21. The van der Waals surface area contributed by atoms with Gasteiger partial charge in [0.15, 0.2) is 0 Å². The number of rotatable bonds is 7. The molecule has 1 atom stereocenters. The molecule has 4 rings (SSSR count). The van der Waals surface area contributed by atoms with Crippen molar-refractivity contribution in [3.8, 4) is 0 Å². The molecule has 0 radical (unpaired) electrons. The number of hydrogen-bond donors (Lipinski definition) is 1. The molecule has 2 aromatic heterocycles. The van der Waals surface area contributed by atoms with Crippen molar-refractivity contribution in [3.05, 3.63) is 59.0 Å². The molecule has 0 unspecified atom stereocenters. The normalized spacial score (nSPS) is 16.4. The molecular weight excluding hydrogens is 412 g/mol. The molecule has 0 bridgehead atoms. The number of nitrogens with one attached hydrogen (secondary N) is 1. The monoisotopic (exact) mass is 438 g/mol. The predicted molar refractivity (Wildman–Crippen MR) is 120 cm³/mol. The van der Waals surface area contributed by atoms with E-state index in [1.54, 1.807) is 19.5 Å². The number of likely N-dealkylation sites (tertiary alicyclic amines) is 1. The van der Waals surface area contributed by atoms with Crippen LogP contribution in [0.2, 0.25) is 0 Å². The molecule has 3 heterocycles. The molecule has 3 aromatic rings. The Balaban J connectivity index is 1.63. The molecule has 0 saturated carbocycles. The van der Waals surface area contributed by atoms with Gasteiger partial charge in [0.1, 0.15) is 5.69 Å². The number of benzene rings is 1. The van der Waals surface area contributed by atoms with Crippen molar-refractivity contribution in [3.63, 3.8) is 0 Å². The molecule has 1 fully saturated rings. The summed E-state index contributed by atoms with van der Waals surface area (Å²) in [7, 11) is 1.61.